The van der Waals surface area contributed by atoms with Crippen LogP contribution in [0.4, 0.5) is 20.2 Å². The van der Waals surface area contributed by atoms with E-state index < -0.39 is 23.6 Å². The van der Waals surface area contributed by atoms with Crippen molar-refractivity contribution < 1.29 is 23.1 Å². The van der Waals surface area contributed by atoms with Gasteiger partial charge < -0.3 is 15.0 Å². The summed E-state index contributed by atoms with van der Waals surface area (Å²) in [7, 11) is 0. The molecule has 0 spiro atoms. The maximum absolute atomic E-state index is 13.6. The van der Waals surface area contributed by atoms with Crippen LogP contribution in [0.3, 0.4) is 0 Å². The number of nitrogens with zero attached hydrogens (tertiary/aromatic N) is 1. The van der Waals surface area contributed by atoms with E-state index in [9.17, 15) is 18.4 Å². The number of hydrogen-bond acceptors (Lipinski definition) is 3. The van der Waals surface area contributed by atoms with Gasteiger partial charge in [-0.1, -0.05) is 12.1 Å². The maximum Gasteiger partial charge on any atom is 0.267 e. The predicted molar refractivity (Wildman–Crippen MR) is 101 cm³/mol. The number of ether oxygens (including phenoxy) is 1. The second-order valence-corrected chi connectivity index (χ2v) is 6.85. The summed E-state index contributed by atoms with van der Waals surface area (Å²) in [5, 5.41) is 2.45. The molecule has 2 aromatic rings. The van der Waals surface area contributed by atoms with Crippen LogP contribution in [0.25, 0.3) is 0 Å². The summed E-state index contributed by atoms with van der Waals surface area (Å²) in [5.74, 6) is -1.61. The van der Waals surface area contributed by atoms with Gasteiger partial charge >= 0.3 is 0 Å². The smallest absolute Gasteiger partial charge is 0.267 e. The van der Waals surface area contributed by atoms with Crippen molar-refractivity contribution in [2.45, 2.75) is 19.4 Å². The lowest BCUT2D eigenvalue weighted by atomic mass is 10.1. The molecule has 0 saturated heterocycles. The summed E-state index contributed by atoms with van der Waals surface area (Å²) in [4.78, 5) is 26.0. The van der Waals surface area contributed by atoms with Crippen molar-refractivity contribution in [2.75, 3.05) is 16.8 Å². The molecule has 1 heterocycles. The molecule has 1 atom stereocenters. The van der Waals surface area contributed by atoms with Crippen LogP contribution in [0.1, 0.15) is 13.3 Å². The third-order valence-corrected chi connectivity index (χ3v) is 4.93. The first-order valence-corrected chi connectivity index (χ1v) is 8.96. The van der Waals surface area contributed by atoms with Gasteiger partial charge in [0.1, 0.15) is 17.4 Å². The highest BCUT2D eigenvalue weighted by atomic mass is 127. The molecule has 1 N–H and O–H groups in total. The molecule has 0 fully saturated rings. The lowest BCUT2D eigenvalue weighted by Gasteiger charge is -2.32. The molecule has 0 saturated carbocycles. The van der Waals surface area contributed by atoms with Crippen molar-refractivity contribution in [1.29, 1.82) is 0 Å². The molecule has 3 rings (SSSR count). The number of hydrogen-bond donors (Lipinski definition) is 1. The SMILES string of the molecule is CC1Oc2ccccc2N(CCC(=O)Nc2cc(F)c(I)c(F)c2)C1=O. The van der Waals surface area contributed by atoms with E-state index in [0.29, 0.717) is 11.4 Å². The number of benzene rings is 2. The molecular weight excluding hydrogens is 457 g/mol. The number of anilines is 2. The molecule has 1 aliphatic heterocycles. The Morgan fingerprint density at radius 3 is 2.62 bits per heavy atom. The number of amides is 2. The van der Waals surface area contributed by atoms with Gasteiger partial charge in [0.15, 0.2) is 6.10 Å². The molecule has 2 amide bonds. The van der Waals surface area contributed by atoms with Crippen LogP contribution in [-0.2, 0) is 9.59 Å². The second-order valence-electron chi connectivity index (χ2n) is 5.77. The van der Waals surface area contributed by atoms with Crippen LogP contribution in [-0.4, -0.2) is 24.5 Å². The molecule has 1 aliphatic rings. The van der Waals surface area contributed by atoms with Crippen LogP contribution in [0.2, 0.25) is 0 Å². The van der Waals surface area contributed by atoms with Crippen molar-refractivity contribution in [1.82, 2.24) is 0 Å². The highest BCUT2D eigenvalue weighted by Crippen LogP contribution is 2.33. The molecule has 8 heteroatoms. The fourth-order valence-electron chi connectivity index (χ4n) is 2.65. The Morgan fingerprint density at radius 2 is 1.92 bits per heavy atom. The molecule has 0 aliphatic carbocycles. The molecule has 0 aromatic heterocycles. The summed E-state index contributed by atoms with van der Waals surface area (Å²) in [5.41, 5.74) is 0.627. The normalized spacial score (nSPS) is 16.1. The van der Waals surface area contributed by atoms with E-state index in [0.717, 1.165) is 12.1 Å². The fourth-order valence-corrected chi connectivity index (χ4v) is 2.97. The fraction of sp³-hybridized carbons (Fsp3) is 0.222. The van der Waals surface area contributed by atoms with Crippen LogP contribution >= 0.6 is 22.6 Å². The quantitative estimate of drug-likeness (QED) is 0.546. The Hall–Kier alpha value is -2.23. The number of fused-ring (bicyclic) bond motifs is 1. The van der Waals surface area contributed by atoms with Gasteiger partial charge in [0.25, 0.3) is 5.91 Å². The largest absolute Gasteiger partial charge is 0.479 e. The minimum atomic E-state index is -0.744. The van der Waals surface area contributed by atoms with Gasteiger partial charge in [0.2, 0.25) is 5.91 Å². The molecule has 0 radical (unpaired) electrons. The monoisotopic (exact) mass is 472 g/mol. The predicted octanol–water partition coefficient (Wildman–Crippen LogP) is 3.71. The van der Waals surface area contributed by atoms with Gasteiger partial charge in [0.05, 0.1) is 9.26 Å². The van der Waals surface area contributed by atoms with Crippen molar-refractivity contribution in [3.63, 3.8) is 0 Å². The molecule has 0 bridgehead atoms. The average molecular weight is 472 g/mol. The van der Waals surface area contributed by atoms with Crippen molar-refractivity contribution in [3.8, 4) is 5.75 Å². The molecule has 1 unspecified atom stereocenters. The maximum atomic E-state index is 13.6. The number of halogens is 3. The minimum absolute atomic E-state index is 0.0258. The van der Waals surface area contributed by atoms with Crippen molar-refractivity contribution >= 4 is 45.8 Å². The van der Waals surface area contributed by atoms with Gasteiger partial charge in [-0.25, -0.2) is 8.78 Å². The topological polar surface area (TPSA) is 58.6 Å². The lowest BCUT2D eigenvalue weighted by Crippen LogP contribution is -2.45. The van der Waals surface area contributed by atoms with Crippen molar-refractivity contribution in [2.24, 2.45) is 0 Å². The zero-order valence-corrected chi connectivity index (χ0v) is 15.9. The number of rotatable bonds is 4. The number of carbonyl (C=O) groups excluding carboxylic acids is 2. The zero-order valence-electron chi connectivity index (χ0n) is 13.8. The Morgan fingerprint density at radius 1 is 1.27 bits per heavy atom. The minimum Gasteiger partial charge on any atom is -0.479 e. The molecule has 5 nitrogen and oxygen atoms in total. The van der Waals surface area contributed by atoms with E-state index in [2.05, 4.69) is 5.32 Å². The van der Waals surface area contributed by atoms with Gasteiger partial charge in [-0.3, -0.25) is 9.59 Å². The van der Waals surface area contributed by atoms with E-state index in [1.807, 2.05) is 0 Å². The third-order valence-electron chi connectivity index (χ3n) is 3.90. The highest BCUT2D eigenvalue weighted by molar-refractivity contribution is 14.1. The Kier molecular flexibility index (Phi) is 5.40. The van der Waals surface area contributed by atoms with Crippen LogP contribution in [0, 0.1) is 15.2 Å². The summed E-state index contributed by atoms with van der Waals surface area (Å²) < 4.78 is 32.5. The first-order chi connectivity index (χ1) is 12.4. The number of nitrogens with one attached hydrogen (secondary N) is 1. The first kappa shape index (κ1) is 18.6. The van der Waals surface area contributed by atoms with Crippen LogP contribution in [0.15, 0.2) is 36.4 Å². The Balaban J connectivity index is 1.69. The number of carbonyl (C=O) groups is 2. The van der Waals surface area contributed by atoms with E-state index in [4.69, 9.17) is 4.74 Å². The molecule has 26 heavy (non-hydrogen) atoms. The van der Waals surface area contributed by atoms with Gasteiger partial charge in [-0.15, -0.1) is 0 Å². The molecule has 136 valence electrons. The summed E-state index contributed by atoms with van der Waals surface area (Å²) >= 11 is 1.55. The molecule has 2 aromatic carbocycles. The zero-order chi connectivity index (χ0) is 18.8. The average Bonchev–Trinajstić information content (AvgIpc) is 2.60. The van der Waals surface area contributed by atoms with Gasteiger partial charge in [-0.05, 0) is 53.8 Å². The third kappa shape index (κ3) is 3.79. The molecular formula is C18H15F2IN2O3. The lowest BCUT2D eigenvalue weighted by molar-refractivity contribution is -0.125. The van der Waals surface area contributed by atoms with E-state index in [-0.39, 0.29) is 28.1 Å². The van der Waals surface area contributed by atoms with E-state index >= 15 is 0 Å². The van der Waals surface area contributed by atoms with E-state index in [1.54, 1.807) is 53.8 Å². The Bertz CT molecular complexity index is 852. The van der Waals surface area contributed by atoms with Crippen LogP contribution in [0.5, 0.6) is 5.75 Å². The first-order valence-electron chi connectivity index (χ1n) is 7.88. The highest BCUT2D eigenvalue weighted by Gasteiger charge is 2.31. The number of para-hydroxylation sites is 2. The Labute approximate surface area is 162 Å². The summed E-state index contributed by atoms with van der Waals surface area (Å²) in [6.45, 7) is 1.77. The van der Waals surface area contributed by atoms with E-state index in [1.165, 1.54) is 4.90 Å². The van der Waals surface area contributed by atoms with Gasteiger partial charge in [0, 0.05) is 18.7 Å². The second kappa shape index (κ2) is 7.56. The van der Waals surface area contributed by atoms with Crippen LogP contribution < -0.4 is 15.0 Å². The summed E-state index contributed by atoms with van der Waals surface area (Å²) in [6, 6.07) is 9.17. The standard InChI is InChI=1S/C18H15F2IN2O3/c1-10-18(25)23(14-4-2-3-5-15(14)26-10)7-6-16(24)22-11-8-12(19)17(21)13(20)9-11/h2-5,8-10H,6-7H2,1H3,(H,22,24). The van der Waals surface area contributed by atoms with Crippen molar-refractivity contribution in [3.05, 3.63) is 51.6 Å². The van der Waals surface area contributed by atoms with Gasteiger partial charge in [-0.2, -0.15) is 0 Å². The summed E-state index contributed by atoms with van der Waals surface area (Å²) in [6.07, 6.45) is -0.672.